The van der Waals surface area contributed by atoms with Gasteiger partial charge in [-0.1, -0.05) is 23.2 Å². The third-order valence-corrected chi connectivity index (χ3v) is 5.08. The summed E-state index contributed by atoms with van der Waals surface area (Å²) in [5.41, 5.74) is 0. The number of rotatable bonds is 10. The van der Waals surface area contributed by atoms with E-state index < -0.39 is 0 Å². The molecule has 3 rings (SSSR count). The fourth-order valence-electron chi connectivity index (χ4n) is 2.68. The summed E-state index contributed by atoms with van der Waals surface area (Å²) in [6, 6.07) is 9.93. The van der Waals surface area contributed by atoms with E-state index in [1.165, 1.54) is 21.9 Å². The SMILES string of the molecule is CN(Cc1ccco1)C(=O)COc1cc(OCC(=O)N(C)Cc2ccco2)c(Cl)cc1Cl. The normalized spacial score (nSPS) is 10.6. The van der Waals surface area contributed by atoms with Crippen LogP contribution in [0.1, 0.15) is 11.5 Å². The highest BCUT2D eigenvalue weighted by Gasteiger charge is 2.17. The molecule has 0 aliphatic heterocycles. The molecule has 0 saturated heterocycles. The van der Waals surface area contributed by atoms with Crippen molar-refractivity contribution in [3.8, 4) is 11.5 Å². The second-order valence-electron chi connectivity index (χ2n) is 6.95. The van der Waals surface area contributed by atoms with E-state index in [0.717, 1.165) is 0 Å². The van der Waals surface area contributed by atoms with Gasteiger partial charge < -0.3 is 28.1 Å². The van der Waals surface area contributed by atoms with E-state index >= 15 is 0 Å². The first-order valence-electron chi connectivity index (χ1n) is 9.61. The van der Waals surface area contributed by atoms with Crippen molar-refractivity contribution < 1.29 is 27.9 Å². The first-order valence-corrected chi connectivity index (χ1v) is 10.4. The molecule has 0 radical (unpaired) electrons. The highest BCUT2D eigenvalue weighted by atomic mass is 35.5. The molecule has 170 valence electrons. The van der Waals surface area contributed by atoms with E-state index in [-0.39, 0.29) is 46.6 Å². The fourth-order valence-corrected chi connectivity index (χ4v) is 3.17. The van der Waals surface area contributed by atoms with Gasteiger partial charge in [0.15, 0.2) is 13.2 Å². The van der Waals surface area contributed by atoms with Gasteiger partial charge in [0, 0.05) is 20.2 Å². The maximum Gasteiger partial charge on any atom is 0.260 e. The standard InChI is InChI=1S/C22H22Cl2N2O6/c1-25(11-15-5-3-7-29-15)21(27)13-31-19-10-20(18(24)9-17(19)23)32-14-22(28)26(2)12-16-6-4-8-30-16/h3-10H,11-14H2,1-2H3. The Labute approximate surface area is 195 Å². The number of nitrogens with zero attached hydrogens (tertiary/aromatic N) is 2. The summed E-state index contributed by atoms with van der Waals surface area (Å²) < 4.78 is 21.6. The van der Waals surface area contributed by atoms with Gasteiger partial charge in [-0.2, -0.15) is 0 Å². The number of hydrogen-bond acceptors (Lipinski definition) is 6. The number of likely N-dealkylation sites (N-methyl/N-ethyl adjacent to an activating group) is 2. The van der Waals surface area contributed by atoms with Crippen molar-refractivity contribution in [3.05, 3.63) is 70.5 Å². The van der Waals surface area contributed by atoms with E-state index in [4.69, 9.17) is 41.5 Å². The van der Waals surface area contributed by atoms with Crippen molar-refractivity contribution in [1.29, 1.82) is 0 Å². The van der Waals surface area contributed by atoms with Crippen LogP contribution in [0, 0.1) is 0 Å². The van der Waals surface area contributed by atoms with E-state index in [1.807, 2.05) is 0 Å². The summed E-state index contributed by atoms with van der Waals surface area (Å²) in [6.07, 6.45) is 3.08. The minimum Gasteiger partial charge on any atom is -0.482 e. The van der Waals surface area contributed by atoms with Gasteiger partial charge >= 0.3 is 0 Å². The molecule has 2 heterocycles. The third-order valence-electron chi connectivity index (χ3n) is 4.49. The van der Waals surface area contributed by atoms with Crippen LogP contribution >= 0.6 is 23.2 Å². The monoisotopic (exact) mass is 480 g/mol. The van der Waals surface area contributed by atoms with Gasteiger partial charge in [-0.3, -0.25) is 9.59 Å². The predicted octanol–water partition coefficient (Wildman–Crippen LogP) is 4.25. The molecular formula is C22H22Cl2N2O6. The van der Waals surface area contributed by atoms with Crippen LogP contribution in [0.3, 0.4) is 0 Å². The molecule has 10 heteroatoms. The summed E-state index contributed by atoms with van der Waals surface area (Å²) in [4.78, 5) is 27.6. The molecule has 0 unspecified atom stereocenters. The number of furan rings is 2. The lowest BCUT2D eigenvalue weighted by Gasteiger charge is -2.18. The van der Waals surface area contributed by atoms with E-state index in [0.29, 0.717) is 24.6 Å². The molecule has 32 heavy (non-hydrogen) atoms. The van der Waals surface area contributed by atoms with Gasteiger partial charge in [-0.15, -0.1) is 0 Å². The smallest absolute Gasteiger partial charge is 0.260 e. The number of halogens is 2. The van der Waals surface area contributed by atoms with Crippen LogP contribution in [0.5, 0.6) is 11.5 Å². The topological polar surface area (TPSA) is 85.4 Å². The molecular weight excluding hydrogens is 459 g/mol. The summed E-state index contributed by atoms with van der Waals surface area (Å²) in [6.45, 7) is 0.128. The molecule has 2 amide bonds. The molecule has 8 nitrogen and oxygen atoms in total. The summed E-state index contributed by atoms with van der Waals surface area (Å²) in [5, 5.41) is 0.426. The number of hydrogen-bond donors (Lipinski definition) is 0. The number of carbonyl (C=O) groups excluding carboxylic acids is 2. The lowest BCUT2D eigenvalue weighted by molar-refractivity contribution is -0.133. The Bertz CT molecular complexity index is 958. The molecule has 0 saturated carbocycles. The van der Waals surface area contributed by atoms with E-state index in [2.05, 4.69) is 0 Å². The van der Waals surface area contributed by atoms with Gasteiger partial charge in [-0.05, 0) is 30.3 Å². The molecule has 2 aromatic heterocycles. The minimum atomic E-state index is -0.274. The fraction of sp³-hybridized carbons (Fsp3) is 0.273. The molecule has 0 aliphatic rings. The molecule has 1 aromatic carbocycles. The van der Waals surface area contributed by atoms with Gasteiger partial charge in [0.2, 0.25) is 0 Å². The average molecular weight is 481 g/mol. The van der Waals surface area contributed by atoms with Gasteiger partial charge in [-0.25, -0.2) is 0 Å². The second kappa shape index (κ2) is 11.0. The van der Waals surface area contributed by atoms with Crippen LogP contribution in [-0.2, 0) is 22.7 Å². The first-order chi connectivity index (χ1) is 15.3. The zero-order chi connectivity index (χ0) is 23.1. The highest BCUT2D eigenvalue weighted by Crippen LogP contribution is 2.36. The largest absolute Gasteiger partial charge is 0.482 e. The van der Waals surface area contributed by atoms with E-state index in [9.17, 15) is 9.59 Å². The Morgan fingerprint density at radius 1 is 0.812 bits per heavy atom. The summed E-state index contributed by atoms with van der Waals surface area (Å²) in [7, 11) is 3.27. The van der Waals surface area contributed by atoms with Crippen LogP contribution in [0.15, 0.2) is 57.8 Å². The molecule has 3 aromatic rings. The van der Waals surface area contributed by atoms with E-state index in [1.54, 1.807) is 50.9 Å². The maximum absolute atomic E-state index is 12.3. The number of ether oxygens (including phenoxy) is 2. The van der Waals surface area contributed by atoms with Gasteiger partial charge in [0.05, 0.1) is 35.7 Å². The van der Waals surface area contributed by atoms with Crippen molar-refractivity contribution >= 4 is 35.0 Å². The molecule has 0 atom stereocenters. The quantitative estimate of drug-likeness (QED) is 0.431. The van der Waals surface area contributed by atoms with Gasteiger partial charge in [0.1, 0.15) is 23.0 Å². The van der Waals surface area contributed by atoms with Crippen LogP contribution < -0.4 is 9.47 Å². The molecule has 0 aliphatic carbocycles. The Morgan fingerprint density at radius 2 is 1.25 bits per heavy atom. The highest BCUT2D eigenvalue weighted by molar-refractivity contribution is 6.36. The first kappa shape index (κ1) is 23.6. The van der Waals surface area contributed by atoms with Crippen LogP contribution in [0.4, 0.5) is 0 Å². The molecule has 0 spiro atoms. The Morgan fingerprint density at radius 3 is 1.62 bits per heavy atom. The molecule has 0 N–H and O–H groups in total. The van der Waals surface area contributed by atoms with Crippen LogP contribution in [0.25, 0.3) is 0 Å². The van der Waals surface area contributed by atoms with Crippen molar-refractivity contribution in [2.24, 2.45) is 0 Å². The maximum atomic E-state index is 12.3. The average Bonchev–Trinajstić information content (AvgIpc) is 3.46. The van der Waals surface area contributed by atoms with Gasteiger partial charge in [0.25, 0.3) is 11.8 Å². The van der Waals surface area contributed by atoms with Crippen LogP contribution in [-0.4, -0.2) is 48.9 Å². The Balaban J connectivity index is 1.55. The molecule has 0 bridgehead atoms. The Hall–Kier alpha value is -3.10. The third kappa shape index (κ3) is 6.45. The zero-order valence-electron chi connectivity index (χ0n) is 17.5. The lowest BCUT2D eigenvalue weighted by atomic mass is 10.3. The second-order valence-corrected chi connectivity index (χ2v) is 7.76. The lowest BCUT2D eigenvalue weighted by Crippen LogP contribution is -2.31. The minimum absolute atomic E-state index is 0.210. The number of amides is 2. The number of benzene rings is 1. The predicted molar refractivity (Wildman–Crippen MR) is 118 cm³/mol. The van der Waals surface area contributed by atoms with Crippen LogP contribution in [0.2, 0.25) is 10.0 Å². The number of carbonyl (C=O) groups is 2. The Kier molecular flexibility index (Phi) is 8.08. The van der Waals surface area contributed by atoms with Crippen molar-refractivity contribution in [1.82, 2.24) is 9.80 Å². The van der Waals surface area contributed by atoms with Crippen molar-refractivity contribution in [3.63, 3.8) is 0 Å². The van der Waals surface area contributed by atoms with Crippen molar-refractivity contribution in [2.45, 2.75) is 13.1 Å². The van der Waals surface area contributed by atoms with Crippen molar-refractivity contribution in [2.75, 3.05) is 27.3 Å². The zero-order valence-corrected chi connectivity index (χ0v) is 19.1. The summed E-state index contributed by atoms with van der Waals surface area (Å²) in [5.74, 6) is 1.18. The summed E-state index contributed by atoms with van der Waals surface area (Å²) >= 11 is 12.4. The molecule has 0 fully saturated rings.